The molecule has 0 bridgehead atoms. The summed E-state index contributed by atoms with van der Waals surface area (Å²) in [6.45, 7) is 0.383. The number of aliphatic hydroxyl groups is 1. The quantitative estimate of drug-likeness (QED) is 0.836. The second-order valence-electron chi connectivity index (χ2n) is 5.56. The number of aryl methyl sites for hydroxylation is 1. The normalized spacial score (nSPS) is 16.9. The molecule has 1 fully saturated rings. The second-order valence-corrected chi connectivity index (χ2v) is 5.56. The third kappa shape index (κ3) is 4.23. The van der Waals surface area contributed by atoms with Crippen molar-refractivity contribution < 1.29 is 14.6 Å². The molecular weight excluding hydrogens is 254 g/mol. The maximum atomic E-state index is 11.8. The van der Waals surface area contributed by atoms with Crippen LogP contribution in [0.2, 0.25) is 0 Å². The van der Waals surface area contributed by atoms with Crippen LogP contribution in [0, 0.1) is 0 Å². The summed E-state index contributed by atoms with van der Waals surface area (Å²) >= 11 is 0. The number of rotatable bonds is 6. The van der Waals surface area contributed by atoms with Gasteiger partial charge in [-0.2, -0.15) is 0 Å². The average molecular weight is 277 g/mol. The molecule has 1 aromatic carbocycles. The molecule has 2 N–H and O–H groups in total. The van der Waals surface area contributed by atoms with Gasteiger partial charge >= 0.3 is 0 Å². The van der Waals surface area contributed by atoms with Crippen LogP contribution in [0.5, 0.6) is 5.75 Å². The molecule has 4 heteroatoms. The maximum Gasteiger partial charge on any atom is 0.220 e. The summed E-state index contributed by atoms with van der Waals surface area (Å²) in [7, 11) is 1.64. The molecule has 2 rings (SSSR count). The zero-order chi connectivity index (χ0) is 14.4. The third-order valence-electron chi connectivity index (χ3n) is 3.95. The van der Waals surface area contributed by atoms with Crippen LogP contribution in [-0.2, 0) is 11.2 Å². The molecule has 1 amide bonds. The highest BCUT2D eigenvalue weighted by molar-refractivity contribution is 5.76. The van der Waals surface area contributed by atoms with E-state index in [1.807, 2.05) is 24.3 Å². The van der Waals surface area contributed by atoms with E-state index < -0.39 is 5.60 Å². The van der Waals surface area contributed by atoms with E-state index in [9.17, 15) is 9.90 Å². The Morgan fingerprint density at radius 2 is 1.95 bits per heavy atom. The minimum absolute atomic E-state index is 0.00106. The van der Waals surface area contributed by atoms with E-state index in [1.165, 1.54) is 0 Å². The molecule has 0 atom stereocenters. The molecule has 1 aromatic rings. The summed E-state index contributed by atoms with van der Waals surface area (Å²) < 4.78 is 5.09. The van der Waals surface area contributed by atoms with Gasteiger partial charge in [-0.05, 0) is 37.0 Å². The smallest absolute Gasteiger partial charge is 0.220 e. The lowest BCUT2D eigenvalue weighted by molar-refractivity contribution is -0.122. The van der Waals surface area contributed by atoms with Crippen molar-refractivity contribution in [2.75, 3.05) is 13.7 Å². The van der Waals surface area contributed by atoms with Crippen molar-refractivity contribution in [1.82, 2.24) is 5.32 Å². The molecule has 0 aliphatic heterocycles. The van der Waals surface area contributed by atoms with Crippen LogP contribution in [0.4, 0.5) is 0 Å². The molecule has 20 heavy (non-hydrogen) atoms. The molecule has 1 saturated carbocycles. The summed E-state index contributed by atoms with van der Waals surface area (Å²) in [5.74, 6) is 0.822. The maximum absolute atomic E-state index is 11.8. The first kappa shape index (κ1) is 14.9. The van der Waals surface area contributed by atoms with Crippen LogP contribution in [-0.4, -0.2) is 30.3 Å². The summed E-state index contributed by atoms with van der Waals surface area (Å²) in [5, 5.41) is 13.0. The van der Waals surface area contributed by atoms with Crippen LogP contribution < -0.4 is 10.1 Å². The van der Waals surface area contributed by atoms with E-state index in [1.54, 1.807) is 7.11 Å². The van der Waals surface area contributed by atoms with Crippen molar-refractivity contribution in [1.29, 1.82) is 0 Å². The Hall–Kier alpha value is -1.55. The van der Waals surface area contributed by atoms with Crippen LogP contribution in [0.15, 0.2) is 24.3 Å². The van der Waals surface area contributed by atoms with Crippen LogP contribution in [0.25, 0.3) is 0 Å². The fourth-order valence-corrected chi connectivity index (χ4v) is 2.61. The summed E-state index contributed by atoms with van der Waals surface area (Å²) in [4.78, 5) is 11.8. The van der Waals surface area contributed by atoms with Gasteiger partial charge < -0.3 is 15.2 Å². The summed E-state index contributed by atoms with van der Waals surface area (Å²) in [6.07, 6.45) is 4.85. The Morgan fingerprint density at radius 3 is 2.55 bits per heavy atom. The monoisotopic (exact) mass is 277 g/mol. The number of hydrogen-bond donors (Lipinski definition) is 2. The van der Waals surface area contributed by atoms with Crippen molar-refractivity contribution in [2.45, 2.75) is 44.1 Å². The predicted octanol–water partition coefficient (Wildman–Crippen LogP) is 2.05. The summed E-state index contributed by atoms with van der Waals surface area (Å²) in [6, 6.07) is 7.73. The molecule has 1 aliphatic carbocycles. The minimum atomic E-state index is -0.671. The zero-order valence-electron chi connectivity index (χ0n) is 12.0. The Balaban J connectivity index is 1.71. The summed E-state index contributed by atoms with van der Waals surface area (Å²) in [5.41, 5.74) is 0.441. The van der Waals surface area contributed by atoms with Gasteiger partial charge in [0.1, 0.15) is 5.75 Å². The van der Waals surface area contributed by atoms with Crippen molar-refractivity contribution >= 4 is 5.91 Å². The van der Waals surface area contributed by atoms with Crippen LogP contribution >= 0.6 is 0 Å². The number of nitrogens with one attached hydrogen (secondary N) is 1. The van der Waals surface area contributed by atoms with Crippen molar-refractivity contribution in [3.05, 3.63) is 29.8 Å². The fourth-order valence-electron chi connectivity index (χ4n) is 2.61. The number of carbonyl (C=O) groups excluding carboxylic acids is 1. The van der Waals surface area contributed by atoms with Gasteiger partial charge in [0, 0.05) is 13.0 Å². The zero-order valence-corrected chi connectivity index (χ0v) is 12.0. The molecule has 4 nitrogen and oxygen atoms in total. The highest BCUT2D eigenvalue weighted by Gasteiger charge is 2.31. The SMILES string of the molecule is COc1ccc(CCC(=O)NCC2(O)CCCC2)cc1. The minimum Gasteiger partial charge on any atom is -0.497 e. The van der Waals surface area contributed by atoms with Gasteiger partial charge in [-0.25, -0.2) is 0 Å². The largest absolute Gasteiger partial charge is 0.497 e. The van der Waals surface area contributed by atoms with E-state index >= 15 is 0 Å². The number of ether oxygens (including phenoxy) is 1. The number of benzene rings is 1. The van der Waals surface area contributed by atoms with Crippen LogP contribution in [0.3, 0.4) is 0 Å². The first-order chi connectivity index (χ1) is 9.61. The van der Waals surface area contributed by atoms with Gasteiger partial charge in [-0.3, -0.25) is 4.79 Å². The van der Waals surface area contributed by atoms with Crippen molar-refractivity contribution in [3.63, 3.8) is 0 Å². The molecule has 1 aliphatic rings. The molecule has 0 heterocycles. The molecule has 0 saturated heterocycles. The molecule has 0 aromatic heterocycles. The average Bonchev–Trinajstić information content (AvgIpc) is 2.91. The molecule has 0 spiro atoms. The Kier molecular flexibility index (Phi) is 5.01. The van der Waals surface area contributed by atoms with Gasteiger partial charge in [-0.1, -0.05) is 25.0 Å². The number of methoxy groups -OCH3 is 1. The first-order valence-corrected chi connectivity index (χ1v) is 7.23. The third-order valence-corrected chi connectivity index (χ3v) is 3.95. The number of hydrogen-bond acceptors (Lipinski definition) is 3. The van der Waals surface area contributed by atoms with E-state index in [-0.39, 0.29) is 5.91 Å². The standard InChI is InChI=1S/C16H23NO3/c1-20-14-7-4-13(5-8-14)6-9-15(18)17-12-16(19)10-2-3-11-16/h4-5,7-8,19H,2-3,6,9-12H2,1H3,(H,17,18). The lowest BCUT2D eigenvalue weighted by Gasteiger charge is -2.22. The Bertz CT molecular complexity index is 436. The second kappa shape index (κ2) is 6.75. The van der Waals surface area contributed by atoms with Gasteiger partial charge in [0.05, 0.1) is 12.7 Å². The van der Waals surface area contributed by atoms with E-state index in [0.717, 1.165) is 37.0 Å². The Morgan fingerprint density at radius 1 is 1.30 bits per heavy atom. The molecular formula is C16H23NO3. The first-order valence-electron chi connectivity index (χ1n) is 7.23. The molecule has 0 radical (unpaired) electrons. The highest BCUT2D eigenvalue weighted by atomic mass is 16.5. The molecule has 110 valence electrons. The van der Waals surface area contributed by atoms with Gasteiger partial charge in [0.25, 0.3) is 0 Å². The van der Waals surface area contributed by atoms with E-state index in [2.05, 4.69) is 5.32 Å². The van der Waals surface area contributed by atoms with Crippen molar-refractivity contribution in [2.24, 2.45) is 0 Å². The van der Waals surface area contributed by atoms with Crippen molar-refractivity contribution in [3.8, 4) is 5.75 Å². The lowest BCUT2D eigenvalue weighted by Crippen LogP contribution is -2.40. The highest BCUT2D eigenvalue weighted by Crippen LogP contribution is 2.28. The Labute approximate surface area is 120 Å². The van der Waals surface area contributed by atoms with Gasteiger partial charge in [0.2, 0.25) is 5.91 Å². The van der Waals surface area contributed by atoms with E-state index in [0.29, 0.717) is 19.4 Å². The lowest BCUT2D eigenvalue weighted by atomic mass is 10.0. The predicted molar refractivity (Wildman–Crippen MR) is 77.7 cm³/mol. The molecule has 0 unspecified atom stereocenters. The van der Waals surface area contributed by atoms with Gasteiger partial charge in [0.15, 0.2) is 0 Å². The number of amides is 1. The van der Waals surface area contributed by atoms with E-state index in [4.69, 9.17) is 4.74 Å². The fraction of sp³-hybridized carbons (Fsp3) is 0.562. The number of carbonyl (C=O) groups is 1. The topological polar surface area (TPSA) is 58.6 Å². The van der Waals surface area contributed by atoms with Gasteiger partial charge in [-0.15, -0.1) is 0 Å². The van der Waals surface area contributed by atoms with Crippen LogP contribution in [0.1, 0.15) is 37.7 Å².